The van der Waals surface area contributed by atoms with E-state index in [2.05, 4.69) is 17.9 Å². The van der Waals surface area contributed by atoms with Crippen LogP contribution in [0.1, 0.15) is 12.8 Å². The number of esters is 1. The standard InChI is InChI=1S/C6H10O3.C5H6O4/c1-2-6(8)9-5-3-4-7;1-3(5(8)9)2-4(6)7/h2,7H,1,3-5H2;1-2H2,(H,6,7)(H,8,9). The van der Waals surface area contributed by atoms with Gasteiger partial charge < -0.3 is 20.1 Å². The first kappa shape index (κ1) is 18.2. The Morgan fingerprint density at radius 3 is 2.06 bits per heavy atom. The Hall–Kier alpha value is -2.15. The van der Waals surface area contributed by atoms with Gasteiger partial charge in [-0.25, -0.2) is 9.59 Å². The van der Waals surface area contributed by atoms with E-state index >= 15 is 0 Å². The Morgan fingerprint density at radius 2 is 1.78 bits per heavy atom. The van der Waals surface area contributed by atoms with E-state index in [4.69, 9.17) is 15.3 Å². The van der Waals surface area contributed by atoms with Crippen molar-refractivity contribution < 1.29 is 34.4 Å². The summed E-state index contributed by atoms with van der Waals surface area (Å²) in [6.07, 6.45) is 1.08. The highest BCUT2D eigenvalue weighted by atomic mass is 16.5. The van der Waals surface area contributed by atoms with Gasteiger partial charge in [0.05, 0.1) is 13.0 Å². The second kappa shape index (κ2) is 11.3. The van der Waals surface area contributed by atoms with E-state index in [-0.39, 0.29) is 18.8 Å². The molecule has 0 aliphatic carbocycles. The molecule has 0 saturated heterocycles. The van der Waals surface area contributed by atoms with E-state index in [9.17, 15) is 14.4 Å². The number of carbonyl (C=O) groups excluding carboxylic acids is 1. The normalized spacial score (nSPS) is 8.50. The second-order valence-electron chi connectivity index (χ2n) is 2.93. The summed E-state index contributed by atoms with van der Waals surface area (Å²) >= 11 is 0. The molecule has 18 heavy (non-hydrogen) atoms. The molecule has 0 aromatic heterocycles. The summed E-state index contributed by atoms with van der Waals surface area (Å²) < 4.78 is 4.51. The third-order valence-corrected chi connectivity index (χ3v) is 1.38. The molecule has 0 radical (unpaired) electrons. The first-order chi connectivity index (χ1) is 8.34. The molecular weight excluding hydrogens is 244 g/mol. The Balaban J connectivity index is 0. The van der Waals surface area contributed by atoms with Crippen molar-refractivity contribution >= 4 is 17.9 Å². The summed E-state index contributed by atoms with van der Waals surface area (Å²) in [5, 5.41) is 24.3. The van der Waals surface area contributed by atoms with Crippen LogP contribution in [-0.2, 0) is 19.1 Å². The van der Waals surface area contributed by atoms with Crippen LogP contribution in [-0.4, -0.2) is 46.4 Å². The van der Waals surface area contributed by atoms with Gasteiger partial charge in [-0.05, 0) is 0 Å². The smallest absolute Gasteiger partial charge is 0.331 e. The van der Waals surface area contributed by atoms with Crippen molar-refractivity contribution in [2.24, 2.45) is 0 Å². The van der Waals surface area contributed by atoms with Crippen LogP contribution in [0.25, 0.3) is 0 Å². The van der Waals surface area contributed by atoms with Gasteiger partial charge in [-0.2, -0.15) is 0 Å². The average Bonchev–Trinajstić information content (AvgIpc) is 2.29. The van der Waals surface area contributed by atoms with Crippen molar-refractivity contribution in [3.63, 3.8) is 0 Å². The molecule has 0 rings (SSSR count). The van der Waals surface area contributed by atoms with E-state index in [0.717, 1.165) is 6.08 Å². The Labute approximate surface area is 104 Å². The van der Waals surface area contributed by atoms with Gasteiger partial charge in [-0.3, -0.25) is 4.79 Å². The predicted octanol–water partition coefficient (Wildman–Crippen LogP) is 0.200. The van der Waals surface area contributed by atoms with E-state index < -0.39 is 24.3 Å². The van der Waals surface area contributed by atoms with Crippen molar-refractivity contribution in [3.8, 4) is 0 Å². The van der Waals surface area contributed by atoms with Gasteiger partial charge in [0.1, 0.15) is 0 Å². The maximum Gasteiger partial charge on any atom is 0.331 e. The fraction of sp³-hybridized carbons (Fsp3) is 0.364. The van der Waals surface area contributed by atoms with Gasteiger partial charge >= 0.3 is 17.9 Å². The lowest BCUT2D eigenvalue weighted by molar-refractivity contribution is -0.139. The van der Waals surface area contributed by atoms with Crippen LogP contribution < -0.4 is 0 Å². The van der Waals surface area contributed by atoms with Gasteiger partial charge in [0.25, 0.3) is 0 Å². The maximum atomic E-state index is 10.3. The fourth-order valence-electron chi connectivity index (χ4n) is 0.554. The largest absolute Gasteiger partial charge is 0.481 e. The van der Waals surface area contributed by atoms with E-state index in [1.54, 1.807) is 0 Å². The molecule has 0 spiro atoms. The number of hydrogen-bond donors (Lipinski definition) is 3. The lowest BCUT2D eigenvalue weighted by atomic mass is 10.2. The zero-order valence-corrected chi connectivity index (χ0v) is 9.79. The molecular formula is C11H16O7. The third kappa shape index (κ3) is 13.8. The zero-order valence-electron chi connectivity index (χ0n) is 9.79. The third-order valence-electron chi connectivity index (χ3n) is 1.38. The summed E-state index contributed by atoms with van der Waals surface area (Å²) in [6, 6.07) is 0. The molecule has 0 bridgehead atoms. The summed E-state index contributed by atoms with van der Waals surface area (Å²) in [7, 11) is 0. The molecule has 0 atom stereocenters. The summed E-state index contributed by atoms with van der Waals surface area (Å²) in [4.78, 5) is 29.9. The molecule has 7 heteroatoms. The maximum absolute atomic E-state index is 10.3. The molecule has 0 aliphatic rings. The molecule has 0 heterocycles. The van der Waals surface area contributed by atoms with Gasteiger partial charge in [-0.1, -0.05) is 13.2 Å². The highest BCUT2D eigenvalue weighted by molar-refractivity contribution is 5.91. The SMILES string of the molecule is C=C(CC(=O)O)C(=O)O.C=CC(=O)OCCCO. The molecule has 7 nitrogen and oxygen atoms in total. The minimum Gasteiger partial charge on any atom is -0.481 e. The van der Waals surface area contributed by atoms with E-state index in [1.165, 1.54) is 0 Å². The number of aliphatic hydroxyl groups excluding tert-OH is 1. The number of carboxylic acids is 2. The molecule has 0 aromatic carbocycles. The number of aliphatic hydroxyl groups is 1. The van der Waals surface area contributed by atoms with Crippen LogP contribution in [0, 0.1) is 0 Å². The van der Waals surface area contributed by atoms with Gasteiger partial charge in [0.15, 0.2) is 0 Å². The first-order valence-corrected chi connectivity index (χ1v) is 4.88. The minimum atomic E-state index is -1.27. The number of rotatable bonds is 7. The Bertz CT molecular complexity index is 319. The van der Waals surface area contributed by atoms with Gasteiger partial charge in [0, 0.05) is 24.7 Å². The summed E-state index contributed by atoms with van der Waals surface area (Å²) in [5.41, 5.74) is -0.303. The van der Waals surface area contributed by atoms with Crippen LogP contribution >= 0.6 is 0 Å². The van der Waals surface area contributed by atoms with E-state index in [1.807, 2.05) is 0 Å². The highest BCUT2D eigenvalue weighted by Crippen LogP contribution is 1.95. The van der Waals surface area contributed by atoms with E-state index in [0.29, 0.717) is 6.42 Å². The molecule has 3 N–H and O–H groups in total. The highest BCUT2D eigenvalue weighted by Gasteiger charge is 2.07. The molecule has 0 aromatic rings. The van der Waals surface area contributed by atoms with Crippen molar-refractivity contribution in [3.05, 3.63) is 24.8 Å². The summed E-state index contributed by atoms with van der Waals surface area (Å²) in [5.74, 6) is -2.89. The van der Waals surface area contributed by atoms with Gasteiger partial charge in [-0.15, -0.1) is 0 Å². The molecule has 0 aliphatic heterocycles. The lowest BCUT2D eigenvalue weighted by Gasteiger charge is -1.96. The quantitative estimate of drug-likeness (QED) is 0.339. The van der Waals surface area contributed by atoms with Crippen molar-refractivity contribution in [1.29, 1.82) is 0 Å². The van der Waals surface area contributed by atoms with Crippen molar-refractivity contribution in [2.75, 3.05) is 13.2 Å². The monoisotopic (exact) mass is 260 g/mol. The number of carbonyl (C=O) groups is 3. The van der Waals surface area contributed by atoms with Crippen LogP contribution in [0.5, 0.6) is 0 Å². The Morgan fingerprint density at radius 1 is 1.22 bits per heavy atom. The molecule has 0 fully saturated rings. The molecule has 0 amide bonds. The second-order valence-corrected chi connectivity index (χ2v) is 2.93. The van der Waals surface area contributed by atoms with Crippen molar-refractivity contribution in [1.82, 2.24) is 0 Å². The number of ether oxygens (including phenoxy) is 1. The van der Waals surface area contributed by atoms with Crippen LogP contribution in [0.4, 0.5) is 0 Å². The summed E-state index contributed by atoms with van der Waals surface area (Å²) in [6.45, 7) is 6.53. The molecule has 0 unspecified atom stereocenters. The molecule has 102 valence electrons. The number of aliphatic carboxylic acids is 2. The van der Waals surface area contributed by atoms with Crippen LogP contribution in [0.2, 0.25) is 0 Å². The minimum absolute atomic E-state index is 0.0461. The number of carboxylic acid groups (broad SMARTS) is 2. The number of hydrogen-bond acceptors (Lipinski definition) is 5. The molecule has 0 saturated carbocycles. The van der Waals surface area contributed by atoms with Gasteiger partial charge in [0.2, 0.25) is 0 Å². The topological polar surface area (TPSA) is 121 Å². The van der Waals surface area contributed by atoms with Crippen LogP contribution in [0.3, 0.4) is 0 Å². The lowest BCUT2D eigenvalue weighted by Crippen LogP contribution is -2.04. The predicted molar refractivity (Wildman–Crippen MR) is 61.9 cm³/mol. The fourth-order valence-corrected chi connectivity index (χ4v) is 0.554. The van der Waals surface area contributed by atoms with Crippen molar-refractivity contribution in [2.45, 2.75) is 12.8 Å². The Kier molecular flexibility index (Phi) is 11.5. The average molecular weight is 260 g/mol. The first-order valence-electron chi connectivity index (χ1n) is 4.88. The van der Waals surface area contributed by atoms with Crippen LogP contribution in [0.15, 0.2) is 24.8 Å². The zero-order chi connectivity index (χ0) is 14.6.